The quantitative estimate of drug-likeness (QED) is 0.514. The molecule has 2 rings (SSSR count). The van der Waals surface area contributed by atoms with E-state index in [4.69, 9.17) is 0 Å². The molecule has 2 aromatic rings. The summed E-state index contributed by atoms with van der Waals surface area (Å²) >= 11 is 0. The lowest BCUT2D eigenvalue weighted by atomic mass is 10.0. The predicted octanol–water partition coefficient (Wildman–Crippen LogP) is 2.24. The topological polar surface area (TPSA) is 98.7 Å². The van der Waals surface area contributed by atoms with Crippen molar-refractivity contribution in [1.82, 2.24) is 10.6 Å². The van der Waals surface area contributed by atoms with E-state index in [1.807, 2.05) is 0 Å². The van der Waals surface area contributed by atoms with Crippen LogP contribution in [-0.4, -0.2) is 34.9 Å². The van der Waals surface area contributed by atoms with E-state index in [1.165, 1.54) is 26.0 Å². The first-order valence-corrected chi connectivity index (χ1v) is 8.45. The van der Waals surface area contributed by atoms with Gasteiger partial charge in [0.05, 0.1) is 12.1 Å². The van der Waals surface area contributed by atoms with E-state index < -0.39 is 12.1 Å². The smallest absolute Gasteiger partial charge is 0.151 e. The minimum atomic E-state index is -0.626. The minimum Gasteiger partial charge on any atom is -0.508 e. The molecule has 26 heavy (non-hydrogen) atoms. The highest BCUT2D eigenvalue weighted by Crippen LogP contribution is 2.25. The molecule has 0 heterocycles. The van der Waals surface area contributed by atoms with Gasteiger partial charge < -0.3 is 20.8 Å². The lowest BCUT2D eigenvalue weighted by Crippen LogP contribution is -2.36. The summed E-state index contributed by atoms with van der Waals surface area (Å²) in [4.78, 5) is 23.8. The normalized spacial score (nSPS) is 13.2. The number of rotatable bonds is 9. The molecule has 2 atom stereocenters. The zero-order valence-corrected chi connectivity index (χ0v) is 14.9. The van der Waals surface area contributed by atoms with Gasteiger partial charge in [0, 0.05) is 24.2 Å². The summed E-state index contributed by atoms with van der Waals surface area (Å²) in [5.74, 6) is -0.112. The van der Waals surface area contributed by atoms with Crippen LogP contribution in [0.5, 0.6) is 11.5 Å². The molecule has 4 N–H and O–H groups in total. The summed E-state index contributed by atoms with van der Waals surface area (Å²) in [6.07, 6.45) is 0. The average Bonchev–Trinajstić information content (AvgIpc) is 2.59. The molecule has 0 aliphatic rings. The number of carbonyl (C=O) groups is 2. The Morgan fingerprint density at radius 3 is 1.42 bits per heavy atom. The lowest BCUT2D eigenvalue weighted by molar-refractivity contribution is -0.120. The van der Waals surface area contributed by atoms with Gasteiger partial charge in [-0.15, -0.1) is 0 Å². The molecule has 0 saturated heterocycles. The van der Waals surface area contributed by atoms with Crippen molar-refractivity contribution in [2.45, 2.75) is 25.9 Å². The van der Waals surface area contributed by atoms with Gasteiger partial charge in [0.25, 0.3) is 0 Å². The van der Waals surface area contributed by atoms with Crippen molar-refractivity contribution in [3.05, 3.63) is 59.7 Å². The number of ketones is 2. The Hall–Kier alpha value is -2.70. The SMILES string of the molecule is CC(=O)C(NCCNC(C(C)=O)c1ccccc1O)c1ccccc1O. The van der Waals surface area contributed by atoms with Crippen molar-refractivity contribution in [3.63, 3.8) is 0 Å². The third kappa shape index (κ3) is 4.91. The average molecular weight is 356 g/mol. The number of hydrogen-bond donors (Lipinski definition) is 4. The van der Waals surface area contributed by atoms with E-state index in [2.05, 4.69) is 10.6 Å². The maximum absolute atomic E-state index is 11.9. The van der Waals surface area contributed by atoms with Crippen LogP contribution in [0, 0.1) is 0 Å². The van der Waals surface area contributed by atoms with Crippen molar-refractivity contribution in [3.8, 4) is 11.5 Å². The molecular formula is C20H24N2O4. The number of Topliss-reactive ketones (excluding diaryl/α,β-unsaturated/α-hetero) is 2. The van der Waals surface area contributed by atoms with E-state index in [-0.39, 0.29) is 23.1 Å². The molecule has 0 aliphatic heterocycles. The van der Waals surface area contributed by atoms with E-state index in [0.29, 0.717) is 24.2 Å². The first kappa shape index (κ1) is 19.6. The van der Waals surface area contributed by atoms with Gasteiger partial charge in [-0.1, -0.05) is 36.4 Å². The van der Waals surface area contributed by atoms with Crippen LogP contribution < -0.4 is 10.6 Å². The zero-order chi connectivity index (χ0) is 19.1. The van der Waals surface area contributed by atoms with Crippen LogP contribution in [0.1, 0.15) is 37.1 Å². The maximum atomic E-state index is 11.9. The summed E-state index contributed by atoms with van der Waals surface area (Å²) < 4.78 is 0. The molecule has 0 spiro atoms. The lowest BCUT2D eigenvalue weighted by Gasteiger charge is -2.20. The van der Waals surface area contributed by atoms with E-state index >= 15 is 0 Å². The van der Waals surface area contributed by atoms with Gasteiger partial charge in [0.1, 0.15) is 11.5 Å². The van der Waals surface area contributed by atoms with Crippen LogP contribution in [0.3, 0.4) is 0 Å². The van der Waals surface area contributed by atoms with Gasteiger partial charge >= 0.3 is 0 Å². The minimum absolute atomic E-state index is 0.0592. The Kier molecular flexibility index (Phi) is 6.89. The number of phenolic OH excluding ortho intramolecular Hbond substituents is 2. The van der Waals surface area contributed by atoms with Gasteiger partial charge in [-0.3, -0.25) is 9.59 Å². The molecule has 0 bridgehead atoms. The van der Waals surface area contributed by atoms with E-state index in [9.17, 15) is 19.8 Å². The first-order chi connectivity index (χ1) is 12.4. The Morgan fingerprint density at radius 2 is 1.12 bits per heavy atom. The highest BCUT2D eigenvalue weighted by molar-refractivity contribution is 5.84. The molecular weight excluding hydrogens is 332 g/mol. The predicted molar refractivity (Wildman–Crippen MR) is 99.1 cm³/mol. The van der Waals surface area contributed by atoms with Crippen LogP contribution in [0.4, 0.5) is 0 Å². The first-order valence-electron chi connectivity index (χ1n) is 8.45. The molecule has 0 aliphatic carbocycles. The Bertz CT molecular complexity index is 710. The van der Waals surface area contributed by atoms with Crippen LogP contribution >= 0.6 is 0 Å². The summed E-state index contributed by atoms with van der Waals surface area (Å²) in [7, 11) is 0. The molecule has 0 radical (unpaired) electrons. The third-order valence-electron chi connectivity index (χ3n) is 4.13. The largest absolute Gasteiger partial charge is 0.508 e. The highest BCUT2D eigenvalue weighted by atomic mass is 16.3. The third-order valence-corrected chi connectivity index (χ3v) is 4.13. The second-order valence-corrected chi connectivity index (χ2v) is 6.11. The summed E-state index contributed by atoms with van der Waals surface area (Å²) in [6.45, 7) is 3.71. The van der Waals surface area contributed by atoms with Crippen molar-refractivity contribution in [1.29, 1.82) is 0 Å². The summed E-state index contributed by atoms with van der Waals surface area (Å²) in [5.41, 5.74) is 1.03. The second kappa shape index (κ2) is 9.12. The number of nitrogens with one attached hydrogen (secondary N) is 2. The van der Waals surface area contributed by atoms with Crippen molar-refractivity contribution in [2.24, 2.45) is 0 Å². The fourth-order valence-corrected chi connectivity index (χ4v) is 2.84. The molecule has 6 nitrogen and oxygen atoms in total. The number of phenols is 2. The van der Waals surface area contributed by atoms with E-state index in [0.717, 1.165) is 0 Å². The molecule has 2 unspecified atom stereocenters. The van der Waals surface area contributed by atoms with Gasteiger partial charge in [-0.05, 0) is 26.0 Å². The van der Waals surface area contributed by atoms with Crippen LogP contribution in [0.15, 0.2) is 48.5 Å². The summed E-state index contributed by atoms with van der Waals surface area (Å²) in [6, 6.07) is 12.1. The molecule has 0 amide bonds. The van der Waals surface area contributed by atoms with Gasteiger partial charge in [0.2, 0.25) is 0 Å². The van der Waals surface area contributed by atoms with Gasteiger partial charge in [-0.25, -0.2) is 0 Å². The summed E-state index contributed by atoms with van der Waals surface area (Å²) in [5, 5.41) is 26.1. The second-order valence-electron chi connectivity index (χ2n) is 6.11. The van der Waals surface area contributed by atoms with Crippen LogP contribution in [0.25, 0.3) is 0 Å². The Labute approximate surface area is 152 Å². The number of carbonyl (C=O) groups excluding carboxylic acids is 2. The molecule has 2 aromatic carbocycles. The van der Waals surface area contributed by atoms with Crippen molar-refractivity contribution in [2.75, 3.05) is 13.1 Å². The number of aromatic hydroxyl groups is 2. The van der Waals surface area contributed by atoms with Gasteiger partial charge in [0.15, 0.2) is 11.6 Å². The van der Waals surface area contributed by atoms with Crippen LogP contribution in [0.2, 0.25) is 0 Å². The number of para-hydroxylation sites is 2. The molecule has 0 saturated carbocycles. The fraction of sp³-hybridized carbons (Fsp3) is 0.300. The Morgan fingerprint density at radius 1 is 0.769 bits per heavy atom. The zero-order valence-electron chi connectivity index (χ0n) is 14.9. The Balaban J connectivity index is 1.99. The van der Waals surface area contributed by atoms with Crippen molar-refractivity contribution < 1.29 is 19.8 Å². The standard InChI is InChI=1S/C20H24N2O4/c1-13(23)19(15-7-3-5-9-17(15)25)21-11-12-22-20(14(2)24)16-8-4-6-10-18(16)26/h3-10,19-22,25-26H,11-12H2,1-2H3. The molecule has 138 valence electrons. The van der Waals surface area contributed by atoms with Gasteiger partial charge in [-0.2, -0.15) is 0 Å². The van der Waals surface area contributed by atoms with E-state index in [1.54, 1.807) is 36.4 Å². The molecule has 0 fully saturated rings. The molecule has 0 aromatic heterocycles. The fourth-order valence-electron chi connectivity index (χ4n) is 2.84. The van der Waals surface area contributed by atoms with Crippen molar-refractivity contribution >= 4 is 11.6 Å². The highest BCUT2D eigenvalue weighted by Gasteiger charge is 2.21. The maximum Gasteiger partial charge on any atom is 0.151 e. The number of hydrogen-bond acceptors (Lipinski definition) is 6. The monoisotopic (exact) mass is 356 g/mol. The number of benzene rings is 2. The van der Waals surface area contributed by atoms with Crippen LogP contribution in [-0.2, 0) is 9.59 Å². The molecule has 6 heteroatoms.